The van der Waals surface area contributed by atoms with E-state index < -0.39 is 0 Å². The molecule has 2 rings (SSSR count). The number of nitrogens with one attached hydrogen (secondary N) is 1. The van der Waals surface area contributed by atoms with Crippen molar-refractivity contribution in [1.82, 2.24) is 15.3 Å². The van der Waals surface area contributed by atoms with Gasteiger partial charge in [0.1, 0.15) is 16.2 Å². The zero-order chi connectivity index (χ0) is 16.4. The molecule has 1 amide bonds. The summed E-state index contributed by atoms with van der Waals surface area (Å²) in [6, 6.07) is 2.00. The Hall–Kier alpha value is -1.14. The predicted molar refractivity (Wildman–Crippen MR) is 94.4 cm³/mol. The second-order valence-corrected chi connectivity index (χ2v) is 9.14. The van der Waals surface area contributed by atoms with Crippen LogP contribution in [0.1, 0.15) is 41.0 Å². The molecule has 0 aromatic carbocycles. The summed E-state index contributed by atoms with van der Waals surface area (Å²) in [5, 5.41) is 7.02. The number of nitrogens with zero attached hydrogens (tertiary/aromatic N) is 2. The average molecular weight is 338 g/mol. The summed E-state index contributed by atoms with van der Waals surface area (Å²) in [6.45, 7) is 10.7. The molecule has 4 nitrogen and oxygen atoms in total. The number of carbonyl (C=O) groups is 1. The Bertz CT molecular complexity index is 659. The van der Waals surface area contributed by atoms with Crippen molar-refractivity contribution in [3.05, 3.63) is 17.8 Å². The molecule has 0 bridgehead atoms. The lowest BCUT2D eigenvalue weighted by Crippen LogP contribution is -2.46. The van der Waals surface area contributed by atoms with Crippen LogP contribution in [0.15, 0.2) is 22.8 Å². The summed E-state index contributed by atoms with van der Waals surface area (Å²) in [5.41, 5.74) is -0.0291. The van der Waals surface area contributed by atoms with Gasteiger partial charge >= 0.3 is 0 Å². The molecule has 2 aromatic rings. The molecule has 2 aromatic heterocycles. The van der Waals surface area contributed by atoms with Crippen molar-refractivity contribution in [2.75, 3.05) is 5.75 Å². The second-order valence-electron chi connectivity index (χ2n) is 7.28. The molecule has 0 aliphatic heterocycles. The van der Waals surface area contributed by atoms with Gasteiger partial charge in [-0.3, -0.25) is 4.79 Å². The third-order valence-corrected chi connectivity index (χ3v) is 4.84. The van der Waals surface area contributed by atoms with Gasteiger partial charge < -0.3 is 5.32 Å². The Labute approximate surface area is 140 Å². The van der Waals surface area contributed by atoms with Crippen LogP contribution >= 0.6 is 23.1 Å². The van der Waals surface area contributed by atoms with Crippen molar-refractivity contribution in [2.24, 2.45) is 5.41 Å². The Morgan fingerprint density at radius 1 is 1.27 bits per heavy atom. The minimum Gasteiger partial charge on any atom is -0.350 e. The fourth-order valence-electron chi connectivity index (χ4n) is 2.80. The van der Waals surface area contributed by atoms with Gasteiger partial charge in [-0.05, 0) is 37.1 Å². The lowest BCUT2D eigenvalue weighted by molar-refractivity contribution is -0.120. The maximum Gasteiger partial charge on any atom is 0.230 e. The van der Waals surface area contributed by atoms with E-state index in [1.807, 2.05) is 11.4 Å². The highest BCUT2D eigenvalue weighted by atomic mass is 32.2. The quantitative estimate of drug-likeness (QED) is 0.659. The monoisotopic (exact) mass is 337 g/mol. The first kappa shape index (κ1) is 17.2. The van der Waals surface area contributed by atoms with Gasteiger partial charge in [-0.15, -0.1) is 11.3 Å². The van der Waals surface area contributed by atoms with Gasteiger partial charge in [-0.1, -0.05) is 32.5 Å². The molecule has 0 radical (unpaired) electrons. The van der Waals surface area contributed by atoms with Crippen LogP contribution in [-0.4, -0.2) is 27.2 Å². The third-order valence-electron chi connectivity index (χ3n) is 3.02. The van der Waals surface area contributed by atoms with E-state index in [2.05, 4.69) is 49.9 Å². The average Bonchev–Trinajstić information content (AvgIpc) is 2.81. The first-order valence-corrected chi connectivity index (χ1v) is 9.15. The van der Waals surface area contributed by atoms with Crippen LogP contribution in [-0.2, 0) is 4.79 Å². The van der Waals surface area contributed by atoms with Crippen molar-refractivity contribution in [2.45, 2.75) is 51.6 Å². The highest BCUT2D eigenvalue weighted by Gasteiger charge is 2.26. The number of hydrogen-bond acceptors (Lipinski definition) is 5. The maximum absolute atomic E-state index is 12.2. The molecule has 0 saturated carbocycles. The van der Waals surface area contributed by atoms with Crippen LogP contribution in [0.5, 0.6) is 0 Å². The Balaban J connectivity index is 1.94. The zero-order valence-corrected chi connectivity index (χ0v) is 15.4. The van der Waals surface area contributed by atoms with E-state index in [4.69, 9.17) is 0 Å². The van der Waals surface area contributed by atoms with Crippen LogP contribution < -0.4 is 5.32 Å². The van der Waals surface area contributed by atoms with Crippen molar-refractivity contribution in [1.29, 1.82) is 0 Å². The number of amides is 1. The fourth-order valence-corrected chi connectivity index (χ4v) is 4.38. The van der Waals surface area contributed by atoms with Crippen LogP contribution in [0.25, 0.3) is 10.2 Å². The third kappa shape index (κ3) is 4.95. The maximum atomic E-state index is 12.2. The van der Waals surface area contributed by atoms with E-state index in [9.17, 15) is 4.79 Å². The largest absolute Gasteiger partial charge is 0.350 e. The molecular formula is C16H23N3OS2. The van der Waals surface area contributed by atoms with E-state index in [1.165, 1.54) is 11.8 Å². The van der Waals surface area contributed by atoms with Crippen LogP contribution in [0.3, 0.4) is 0 Å². The van der Waals surface area contributed by atoms with Gasteiger partial charge in [0.05, 0.1) is 5.75 Å². The number of hydrogen-bond donors (Lipinski definition) is 1. The molecule has 1 N–H and O–H groups in total. The normalized spacial score (nSPS) is 12.6. The van der Waals surface area contributed by atoms with Crippen molar-refractivity contribution >= 4 is 39.2 Å². The molecular weight excluding hydrogens is 314 g/mol. The SMILES string of the molecule is CC(C)(C)CC(C)(C)NC(=O)CSc1ncnc2sccc12. The fraction of sp³-hybridized carbons (Fsp3) is 0.562. The van der Waals surface area contributed by atoms with Crippen molar-refractivity contribution in [3.63, 3.8) is 0 Å². The van der Waals surface area contributed by atoms with Gasteiger partial charge in [-0.25, -0.2) is 9.97 Å². The minimum absolute atomic E-state index is 0.0428. The summed E-state index contributed by atoms with van der Waals surface area (Å²) in [6.07, 6.45) is 2.49. The van der Waals surface area contributed by atoms with Crippen molar-refractivity contribution in [3.8, 4) is 0 Å². The van der Waals surface area contributed by atoms with E-state index >= 15 is 0 Å². The molecule has 0 atom stereocenters. The van der Waals surface area contributed by atoms with Crippen molar-refractivity contribution < 1.29 is 4.79 Å². The number of carbonyl (C=O) groups excluding carboxylic acids is 1. The summed E-state index contributed by atoms with van der Waals surface area (Å²) in [5.74, 6) is 0.413. The van der Waals surface area contributed by atoms with E-state index in [-0.39, 0.29) is 16.9 Å². The molecule has 2 heterocycles. The second kappa shape index (κ2) is 6.54. The first-order chi connectivity index (χ1) is 10.2. The van der Waals surface area contributed by atoms with Gasteiger partial charge in [-0.2, -0.15) is 0 Å². The standard InChI is InChI=1S/C16H23N3OS2/c1-15(2,3)9-16(4,5)19-12(20)8-22-14-11-6-7-21-13(11)17-10-18-14/h6-7,10H,8-9H2,1-5H3,(H,19,20). The molecule has 22 heavy (non-hydrogen) atoms. The summed E-state index contributed by atoms with van der Waals surface area (Å²) < 4.78 is 0. The molecule has 0 aliphatic carbocycles. The zero-order valence-electron chi connectivity index (χ0n) is 13.8. The van der Waals surface area contributed by atoms with Crippen LogP contribution in [0, 0.1) is 5.41 Å². The Kier molecular flexibility index (Phi) is 5.12. The number of fused-ring (bicyclic) bond motifs is 1. The van der Waals surface area contributed by atoms with Gasteiger partial charge in [0.15, 0.2) is 0 Å². The van der Waals surface area contributed by atoms with Gasteiger partial charge in [0, 0.05) is 10.9 Å². The highest BCUT2D eigenvalue weighted by Crippen LogP contribution is 2.29. The molecule has 0 spiro atoms. The Morgan fingerprint density at radius 2 is 2.00 bits per heavy atom. The summed E-state index contributed by atoms with van der Waals surface area (Å²) >= 11 is 3.05. The van der Waals surface area contributed by atoms with E-state index in [0.717, 1.165) is 21.7 Å². The molecule has 0 aliphatic rings. The number of aromatic nitrogens is 2. The smallest absolute Gasteiger partial charge is 0.230 e. The Morgan fingerprint density at radius 3 is 2.68 bits per heavy atom. The number of rotatable bonds is 5. The molecule has 0 saturated heterocycles. The molecule has 120 valence electrons. The lowest BCUT2D eigenvalue weighted by Gasteiger charge is -2.33. The molecule has 0 unspecified atom stereocenters. The molecule has 0 fully saturated rings. The minimum atomic E-state index is -0.209. The summed E-state index contributed by atoms with van der Waals surface area (Å²) in [7, 11) is 0. The summed E-state index contributed by atoms with van der Waals surface area (Å²) in [4.78, 5) is 21.7. The highest BCUT2D eigenvalue weighted by molar-refractivity contribution is 8.00. The van der Waals surface area contributed by atoms with E-state index in [0.29, 0.717) is 5.75 Å². The lowest BCUT2D eigenvalue weighted by atomic mass is 9.82. The van der Waals surface area contributed by atoms with Gasteiger partial charge in [0.25, 0.3) is 0 Å². The van der Waals surface area contributed by atoms with Gasteiger partial charge in [0.2, 0.25) is 5.91 Å². The van der Waals surface area contributed by atoms with Crippen LogP contribution in [0.2, 0.25) is 0 Å². The predicted octanol–water partition coefficient (Wildman–Crippen LogP) is 4.11. The number of thioether (sulfide) groups is 1. The van der Waals surface area contributed by atoms with Crippen LogP contribution in [0.4, 0.5) is 0 Å². The molecule has 6 heteroatoms. The van der Waals surface area contributed by atoms with E-state index in [1.54, 1.807) is 17.7 Å². The first-order valence-electron chi connectivity index (χ1n) is 7.28. The topological polar surface area (TPSA) is 54.9 Å². The number of thiophene rings is 1.